The van der Waals surface area contributed by atoms with Gasteiger partial charge in [-0.3, -0.25) is 0 Å². The Balaban J connectivity index is 3.91. The maximum absolute atomic E-state index is 2.41. The van der Waals surface area contributed by atoms with E-state index in [0.29, 0.717) is 0 Å². The fourth-order valence-electron chi connectivity index (χ4n) is 1.18. The highest BCUT2D eigenvalue weighted by Gasteiger charge is 1.99. The smallest absolute Gasteiger partial charge is 0.0260 e. The summed E-state index contributed by atoms with van der Waals surface area (Å²) in [6, 6.07) is 0. The average molecular weight is 154 g/mol. The van der Waals surface area contributed by atoms with E-state index in [1.165, 1.54) is 12.8 Å². The Labute approximate surface area is 71.7 Å². The molecule has 0 fully saturated rings. The van der Waals surface area contributed by atoms with Crippen LogP contribution in [0.2, 0.25) is 0 Å². The van der Waals surface area contributed by atoms with Gasteiger partial charge in [0.2, 0.25) is 0 Å². The van der Waals surface area contributed by atoms with E-state index in [2.05, 4.69) is 40.7 Å². The van der Waals surface area contributed by atoms with E-state index < -0.39 is 0 Å². The molecule has 0 bridgehead atoms. The van der Waals surface area contributed by atoms with Gasteiger partial charge < -0.3 is 0 Å². The zero-order valence-electron chi connectivity index (χ0n) is 8.65. The van der Waals surface area contributed by atoms with Crippen LogP contribution in [0, 0.1) is 11.8 Å². The molecule has 0 nitrogen and oxygen atoms in total. The van der Waals surface area contributed by atoms with E-state index in [-0.39, 0.29) is 0 Å². The van der Waals surface area contributed by atoms with Gasteiger partial charge in [-0.25, -0.2) is 0 Å². The van der Waals surface area contributed by atoms with E-state index >= 15 is 0 Å². The molecular formula is C11H22. The molecule has 11 heavy (non-hydrogen) atoms. The summed E-state index contributed by atoms with van der Waals surface area (Å²) in [7, 11) is 0. The van der Waals surface area contributed by atoms with Crippen molar-refractivity contribution in [2.24, 2.45) is 11.8 Å². The Morgan fingerprint density at radius 2 is 1.73 bits per heavy atom. The third-order valence-electron chi connectivity index (χ3n) is 2.00. The molecule has 0 radical (unpaired) electrons. The third-order valence-corrected chi connectivity index (χ3v) is 2.00. The van der Waals surface area contributed by atoms with Crippen molar-refractivity contribution in [1.29, 1.82) is 0 Å². The van der Waals surface area contributed by atoms with Crippen LogP contribution < -0.4 is 0 Å². The maximum atomic E-state index is 2.41. The van der Waals surface area contributed by atoms with E-state index in [4.69, 9.17) is 0 Å². The van der Waals surface area contributed by atoms with Crippen LogP contribution >= 0.6 is 0 Å². The lowest BCUT2D eigenvalue weighted by Gasteiger charge is -2.09. The van der Waals surface area contributed by atoms with E-state index in [1.54, 1.807) is 5.57 Å². The van der Waals surface area contributed by atoms with E-state index in [9.17, 15) is 0 Å². The molecule has 0 heteroatoms. The molecule has 0 N–H and O–H groups in total. The zero-order valence-corrected chi connectivity index (χ0v) is 8.65. The number of hydrogen-bond acceptors (Lipinski definition) is 0. The lowest BCUT2D eigenvalue weighted by Crippen LogP contribution is -1.93. The molecule has 0 saturated heterocycles. The van der Waals surface area contributed by atoms with Gasteiger partial charge in [-0.2, -0.15) is 0 Å². The fourth-order valence-corrected chi connectivity index (χ4v) is 1.18. The molecule has 66 valence electrons. The van der Waals surface area contributed by atoms with Gasteiger partial charge in [0.15, 0.2) is 0 Å². The second kappa shape index (κ2) is 5.40. The number of rotatable bonds is 4. The number of allylic oxidation sites excluding steroid dienone is 2. The predicted molar refractivity (Wildman–Crippen MR) is 52.7 cm³/mol. The molecule has 0 aliphatic heterocycles. The molecule has 0 heterocycles. The molecule has 0 aromatic carbocycles. The first kappa shape index (κ1) is 10.7. The van der Waals surface area contributed by atoms with Crippen molar-refractivity contribution < 1.29 is 0 Å². The summed E-state index contributed by atoms with van der Waals surface area (Å²) in [4.78, 5) is 0. The Hall–Kier alpha value is -0.260. The van der Waals surface area contributed by atoms with Gasteiger partial charge in [0.25, 0.3) is 0 Å². The van der Waals surface area contributed by atoms with Crippen LogP contribution in [0.15, 0.2) is 11.6 Å². The van der Waals surface area contributed by atoms with Crippen LogP contribution in [0.25, 0.3) is 0 Å². The molecule has 0 aliphatic rings. The first-order valence-electron chi connectivity index (χ1n) is 4.76. The van der Waals surface area contributed by atoms with Gasteiger partial charge in [0.1, 0.15) is 0 Å². The standard InChI is InChI=1S/C11H22/c1-6-11(10(4)5)8-7-9(2)3/h8-10H,6-7H2,1-5H3/b11-8-. The summed E-state index contributed by atoms with van der Waals surface area (Å²) in [5.74, 6) is 1.54. The molecule has 0 unspecified atom stereocenters. The van der Waals surface area contributed by atoms with Crippen LogP contribution in [0.3, 0.4) is 0 Å². The summed E-state index contributed by atoms with van der Waals surface area (Å²) in [6.45, 7) is 11.3. The highest BCUT2D eigenvalue weighted by atomic mass is 14.1. The summed E-state index contributed by atoms with van der Waals surface area (Å²) < 4.78 is 0. The van der Waals surface area contributed by atoms with Gasteiger partial charge in [-0.1, -0.05) is 46.3 Å². The summed E-state index contributed by atoms with van der Waals surface area (Å²) >= 11 is 0. The van der Waals surface area contributed by atoms with Crippen molar-refractivity contribution in [2.45, 2.75) is 47.5 Å². The van der Waals surface area contributed by atoms with Gasteiger partial charge in [-0.15, -0.1) is 0 Å². The molecule has 0 aromatic rings. The minimum atomic E-state index is 0.735. The Bertz CT molecular complexity index is 118. The van der Waals surface area contributed by atoms with Crippen LogP contribution in [-0.2, 0) is 0 Å². The lowest BCUT2D eigenvalue weighted by molar-refractivity contribution is 0.644. The van der Waals surface area contributed by atoms with Crippen LogP contribution in [0.4, 0.5) is 0 Å². The van der Waals surface area contributed by atoms with Gasteiger partial charge in [-0.05, 0) is 24.7 Å². The summed E-state index contributed by atoms with van der Waals surface area (Å²) in [5, 5.41) is 0. The van der Waals surface area contributed by atoms with Crippen molar-refractivity contribution in [1.82, 2.24) is 0 Å². The van der Waals surface area contributed by atoms with Crippen LogP contribution in [-0.4, -0.2) is 0 Å². The minimum absolute atomic E-state index is 0.735. The molecule has 0 rings (SSSR count). The van der Waals surface area contributed by atoms with Gasteiger partial charge in [0.05, 0.1) is 0 Å². The van der Waals surface area contributed by atoms with E-state index in [0.717, 1.165) is 11.8 Å². The quantitative estimate of drug-likeness (QED) is 0.536. The Kier molecular flexibility index (Phi) is 5.27. The second-order valence-corrected chi connectivity index (χ2v) is 3.92. The van der Waals surface area contributed by atoms with Crippen molar-refractivity contribution in [3.05, 3.63) is 11.6 Å². The number of hydrogen-bond donors (Lipinski definition) is 0. The molecule has 0 amide bonds. The molecular weight excluding hydrogens is 132 g/mol. The minimum Gasteiger partial charge on any atom is -0.0848 e. The summed E-state index contributed by atoms with van der Waals surface area (Å²) in [6.07, 6.45) is 4.86. The predicted octanol–water partition coefficient (Wildman–Crippen LogP) is 4.02. The Morgan fingerprint density at radius 1 is 1.18 bits per heavy atom. The molecule has 0 spiro atoms. The van der Waals surface area contributed by atoms with Crippen LogP contribution in [0.5, 0.6) is 0 Å². The van der Waals surface area contributed by atoms with Crippen LogP contribution in [0.1, 0.15) is 47.5 Å². The van der Waals surface area contributed by atoms with Gasteiger partial charge >= 0.3 is 0 Å². The summed E-state index contributed by atoms with van der Waals surface area (Å²) in [5.41, 5.74) is 1.61. The molecule has 0 aromatic heterocycles. The zero-order chi connectivity index (χ0) is 8.85. The maximum Gasteiger partial charge on any atom is -0.0260 e. The van der Waals surface area contributed by atoms with E-state index in [1.807, 2.05) is 0 Å². The first-order valence-corrected chi connectivity index (χ1v) is 4.76. The topological polar surface area (TPSA) is 0 Å². The SMILES string of the molecule is CC/C(=C/CC(C)C)C(C)C. The molecule has 0 saturated carbocycles. The normalized spacial score (nSPS) is 13.2. The highest BCUT2D eigenvalue weighted by Crippen LogP contribution is 2.15. The molecule has 0 atom stereocenters. The monoisotopic (exact) mass is 154 g/mol. The van der Waals surface area contributed by atoms with Crippen molar-refractivity contribution in [3.63, 3.8) is 0 Å². The molecule has 0 aliphatic carbocycles. The largest absolute Gasteiger partial charge is 0.0848 e. The Morgan fingerprint density at radius 3 is 2.00 bits per heavy atom. The van der Waals surface area contributed by atoms with Gasteiger partial charge in [0, 0.05) is 0 Å². The fraction of sp³-hybridized carbons (Fsp3) is 0.818. The second-order valence-electron chi connectivity index (χ2n) is 3.92. The lowest BCUT2D eigenvalue weighted by atomic mass is 9.97. The highest BCUT2D eigenvalue weighted by molar-refractivity contribution is 5.03. The van der Waals surface area contributed by atoms with Crippen molar-refractivity contribution in [2.75, 3.05) is 0 Å². The van der Waals surface area contributed by atoms with Crippen molar-refractivity contribution in [3.8, 4) is 0 Å². The first-order chi connectivity index (χ1) is 5.07. The average Bonchev–Trinajstić information content (AvgIpc) is 1.87. The van der Waals surface area contributed by atoms with Crippen molar-refractivity contribution >= 4 is 0 Å². The third kappa shape index (κ3) is 5.06.